The number of fused-ring (bicyclic) bond motifs is 1. The van der Waals surface area contributed by atoms with Crippen LogP contribution in [0, 0.1) is 13.8 Å². The Balaban J connectivity index is 2.23. The lowest BCUT2D eigenvalue weighted by molar-refractivity contribution is 0.211. The molecule has 0 amide bonds. The summed E-state index contributed by atoms with van der Waals surface area (Å²) in [5, 5.41) is 4.23. The van der Waals surface area contributed by atoms with Gasteiger partial charge in [0.15, 0.2) is 5.13 Å². The number of nitrogens with one attached hydrogen (secondary N) is 1. The van der Waals surface area contributed by atoms with Crippen LogP contribution >= 0.6 is 11.3 Å². The SMILES string of the molecule is COCCNc1nc2cc(C)c(C)cc2s1. The summed E-state index contributed by atoms with van der Waals surface area (Å²) in [6.45, 7) is 5.75. The van der Waals surface area contributed by atoms with Gasteiger partial charge in [0, 0.05) is 13.7 Å². The molecule has 1 N–H and O–H groups in total. The van der Waals surface area contributed by atoms with E-state index >= 15 is 0 Å². The van der Waals surface area contributed by atoms with Gasteiger partial charge >= 0.3 is 0 Å². The third-order valence-corrected chi connectivity index (χ3v) is 3.56. The van der Waals surface area contributed by atoms with E-state index in [1.165, 1.54) is 15.8 Å². The van der Waals surface area contributed by atoms with Gasteiger partial charge in [-0.1, -0.05) is 11.3 Å². The largest absolute Gasteiger partial charge is 0.383 e. The van der Waals surface area contributed by atoms with Crippen molar-refractivity contribution < 1.29 is 4.74 Å². The van der Waals surface area contributed by atoms with Crippen molar-refractivity contribution in [1.29, 1.82) is 0 Å². The molecule has 0 saturated carbocycles. The van der Waals surface area contributed by atoms with Crippen LogP contribution < -0.4 is 5.32 Å². The van der Waals surface area contributed by atoms with Crippen molar-refractivity contribution >= 4 is 26.7 Å². The minimum atomic E-state index is 0.702. The molecule has 1 aromatic heterocycles. The lowest BCUT2D eigenvalue weighted by Gasteiger charge is -1.99. The van der Waals surface area contributed by atoms with Crippen molar-refractivity contribution in [2.75, 3.05) is 25.6 Å². The molecule has 2 aromatic rings. The number of ether oxygens (including phenoxy) is 1. The fourth-order valence-corrected chi connectivity index (χ4v) is 2.49. The van der Waals surface area contributed by atoms with E-state index in [0.717, 1.165) is 17.2 Å². The number of hydrogen-bond donors (Lipinski definition) is 1. The molecule has 1 aromatic carbocycles. The number of benzene rings is 1. The number of thiazole rings is 1. The van der Waals surface area contributed by atoms with E-state index in [1.807, 2.05) is 0 Å². The van der Waals surface area contributed by atoms with Crippen molar-refractivity contribution in [2.45, 2.75) is 13.8 Å². The van der Waals surface area contributed by atoms with E-state index in [4.69, 9.17) is 4.74 Å². The summed E-state index contributed by atoms with van der Waals surface area (Å²) in [6.07, 6.45) is 0. The predicted molar refractivity (Wildman–Crippen MR) is 69.5 cm³/mol. The molecule has 0 bridgehead atoms. The van der Waals surface area contributed by atoms with Gasteiger partial charge in [-0.15, -0.1) is 0 Å². The van der Waals surface area contributed by atoms with E-state index < -0.39 is 0 Å². The lowest BCUT2D eigenvalue weighted by Crippen LogP contribution is -2.06. The quantitative estimate of drug-likeness (QED) is 0.829. The van der Waals surface area contributed by atoms with Gasteiger partial charge in [-0.2, -0.15) is 0 Å². The Hall–Kier alpha value is -1.13. The summed E-state index contributed by atoms with van der Waals surface area (Å²) in [5.74, 6) is 0. The molecular weight excluding hydrogens is 220 g/mol. The van der Waals surface area contributed by atoms with Crippen LogP contribution in [-0.4, -0.2) is 25.2 Å². The van der Waals surface area contributed by atoms with Gasteiger partial charge < -0.3 is 10.1 Å². The van der Waals surface area contributed by atoms with Crippen LogP contribution in [0.5, 0.6) is 0 Å². The topological polar surface area (TPSA) is 34.1 Å². The standard InChI is InChI=1S/C12H16N2OS/c1-8-6-10-11(7-9(8)2)16-12(14-10)13-4-5-15-3/h6-7H,4-5H2,1-3H3,(H,13,14). The molecule has 4 heteroatoms. The number of methoxy groups -OCH3 is 1. The Morgan fingerprint density at radius 1 is 1.31 bits per heavy atom. The third-order valence-electron chi connectivity index (χ3n) is 2.59. The van der Waals surface area contributed by atoms with Crippen molar-refractivity contribution in [3.05, 3.63) is 23.3 Å². The number of anilines is 1. The second-order valence-corrected chi connectivity index (χ2v) is 4.87. The minimum Gasteiger partial charge on any atom is -0.383 e. The number of aryl methyl sites for hydroxylation is 2. The first-order valence-electron chi connectivity index (χ1n) is 5.31. The molecule has 0 fully saturated rings. The summed E-state index contributed by atoms with van der Waals surface area (Å²) in [7, 11) is 1.70. The highest BCUT2D eigenvalue weighted by atomic mass is 32.1. The average Bonchev–Trinajstić information content (AvgIpc) is 2.61. The van der Waals surface area contributed by atoms with Gasteiger partial charge in [0.25, 0.3) is 0 Å². The fourth-order valence-electron chi connectivity index (χ4n) is 1.52. The molecule has 0 saturated heterocycles. The van der Waals surface area contributed by atoms with Crippen LogP contribution in [0.25, 0.3) is 10.2 Å². The molecule has 16 heavy (non-hydrogen) atoms. The first kappa shape index (κ1) is 11.4. The number of rotatable bonds is 4. The van der Waals surface area contributed by atoms with Crippen molar-refractivity contribution in [3.8, 4) is 0 Å². The average molecular weight is 236 g/mol. The minimum absolute atomic E-state index is 0.702. The molecule has 0 radical (unpaired) electrons. The summed E-state index contributed by atoms with van der Waals surface area (Å²) >= 11 is 1.69. The number of nitrogens with zero attached hydrogens (tertiary/aromatic N) is 1. The van der Waals surface area contributed by atoms with Gasteiger partial charge in [0.05, 0.1) is 16.8 Å². The Kier molecular flexibility index (Phi) is 3.41. The van der Waals surface area contributed by atoms with Crippen molar-refractivity contribution in [3.63, 3.8) is 0 Å². The Bertz CT molecular complexity index is 454. The third kappa shape index (κ3) is 2.33. The fraction of sp³-hybridized carbons (Fsp3) is 0.417. The number of hydrogen-bond acceptors (Lipinski definition) is 4. The highest BCUT2D eigenvalue weighted by molar-refractivity contribution is 7.22. The molecule has 2 rings (SSSR count). The van der Waals surface area contributed by atoms with Gasteiger partial charge in [0.2, 0.25) is 0 Å². The smallest absolute Gasteiger partial charge is 0.183 e. The molecule has 86 valence electrons. The van der Waals surface area contributed by atoms with Crippen LogP contribution in [0.4, 0.5) is 5.13 Å². The summed E-state index contributed by atoms with van der Waals surface area (Å²) < 4.78 is 6.23. The maximum absolute atomic E-state index is 4.99. The van der Waals surface area contributed by atoms with Crippen LogP contribution in [0.15, 0.2) is 12.1 Å². The predicted octanol–water partition coefficient (Wildman–Crippen LogP) is 2.97. The molecule has 3 nitrogen and oxygen atoms in total. The van der Waals surface area contributed by atoms with E-state index in [-0.39, 0.29) is 0 Å². The van der Waals surface area contributed by atoms with Crippen molar-refractivity contribution in [2.24, 2.45) is 0 Å². The number of aromatic nitrogens is 1. The van der Waals surface area contributed by atoms with E-state index in [0.29, 0.717) is 6.61 Å². The zero-order valence-corrected chi connectivity index (χ0v) is 10.6. The monoisotopic (exact) mass is 236 g/mol. The lowest BCUT2D eigenvalue weighted by atomic mass is 10.1. The molecule has 0 atom stereocenters. The van der Waals surface area contributed by atoms with Gasteiger partial charge in [-0.3, -0.25) is 0 Å². The summed E-state index contributed by atoms with van der Waals surface area (Å²) in [6, 6.07) is 4.34. The second-order valence-electron chi connectivity index (χ2n) is 3.84. The molecular formula is C12H16N2OS. The maximum atomic E-state index is 4.99. The zero-order valence-electron chi connectivity index (χ0n) is 9.83. The molecule has 0 spiro atoms. The first-order valence-corrected chi connectivity index (χ1v) is 6.13. The highest BCUT2D eigenvalue weighted by Crippen LogP contribution is 2.28. The van der Waals surface area contributed by atoms with E-state index in [2.05, 4.69) is 36.3 Å². The van der Waals surface area contributed by atoms with Gasteiger partial charge in [-0.05, 0) is 37.1 Å². The molecule has 0 aliphatic heterocycles. The van der Waals surface area contributed by atoms with Crippen LogP contribution in [0.3, 0.4) is 0 Å². The van der Waals surface area contributed by atoms with Crippen LogP contribution in [0.2, 0.25) is 0 Å². The normalized spacial score (nSPS) is 10.9. The molecule has 0 unspecified atom stereocenters. The Labute approximate surface area is 99.5 Å². The Morgan fingerprint density at radius 2 is 2.06 bits per heavy atom. The Morgan fingerprint density at radius 3 is 2.81 bits per heavy atom. The molecule has 0 aliphatic carbocycles. The summed E-state index contributed by atoms with van der Waals surface area (Å²) in [4.78, 5) is 4.54. The van der Waals surface area contributed by atoms with Crippen LogP contribution in [0.1, 0.15) is 11.1 Å². The van der Waals surface area contributed by atoms with Gasteiger partial charge in [-0.25, -0.2) is 4.98 Å². The van der Waals surface area contributed by atoms with Crippen molar-refractivity contribution in [1.82, 2.24) is 4.98 Å². The van der Waals surface area contributed by atoms with Gasteiger partial charge in [0.1, 0.15) is 0 Å². The zero-order chi connectivity index (χ0) is 11.5. The van der Waals surface area contributed by atoms with E-state index in [1.54, 1.807) is 18.4 Å². The summed E-state index contributed by atoms with van der Waals surface area (Å²) in [5.41, 5.74) is 3.69. The molecule has 0 aliphatic rings. The first-order chi connectivity index (χ1) is 7.70. The van der Waals surface area contributed by atoms with Crippen LogP contribution in [-0.2, 0) is 4.74 Å². The second kappa shape index (κ2) is 4.80. The maximum Gasteiger partial charge on any atom is 0.183 e. The molecule has 1 heterocycles. The highest BCUT2D eigenvalue weighted by Gasteiger charge is 2.04. The van der Waals surface area contributed by atoms with E-state index in [9.17, 15) is 0 Å².